The van der Waals surface area contributed by atoms with E-state index in [-0.39, 0.29) is 18.0 Å². The lowest BCUT2D eigenvalue weighted by Gasteiger charge is -2.13. The number of hydrogen-bond acceptors (Lipinski definition) is 4. The first-order chi connectivity index (χ1) is 12.5. The molecule has 1 N–H and O–H groups in total. The molecule has 0 atom stereocenters. The van der Waals surface area contributed by atoms with Crippen LogP contribution in [0.25, 0.3) is 0 Å². The van der Waals surface area contributed by atoms with Gasteiger partial charge >= 0.3 is 5.69 Å². The summed E-state index contributed by atoms with van der Waals surface area (Å²) in [6.07, 6.45) is 3.73. The molecule has 0 bridgehead atoms. The second-order valence-electron chi connectivity index (χ2n) is 6.27. The minimum absolute atomic E-state index is 0.166. The molecular weight excluding hydrogens is 330 g/mol. The Bertz CT molecular complexity index is 1020. The van der Waals surface area contributed by atoms with Crippen LogP contribution < -0.4 is 16.0 Å². The normalized spacial score (nSPS) is 10.7. The molecule has 0 spiro atoms. The van der Waals surface area contributed by atoms with Gasteiger partial charge in [0, 0.05) is 12.4 Å². The summed E-state index contributed by atoms with van der Waals surface area (Å²) in [5.74, 6) is 0.798. The number of aryl methyl sites for hydroxylation is 2. The van der Waals surface area contributed by atoms with Crippen molar-refractivity contribution >= 4 is 0 Å². The summed E-state index contributed by atoms with van der Waals surface area (Å²) in [4.78, 5) is 32.0. The van der Waals surface area contributed by atoms with Crippen molar-refractivity contribution < 1.29 is 4.74 Å². The van der Waals surface area contributed by atoms with Crippen LogP contribution in [-0.4, -0.2) is 14.5 Å². The number of benzene rings is 1. The maximum atomic E-state index is 12.8. The standard InChI is InChI=1S/C20H21N3O3/c1-4-17-18(26-16-9-13(2)8-14(3)10-16)22-20(25)23(19(17)24)12-15-6-5-7-21-11-15/h5-11H,4,12H2,1-3H3,(H,22,25). The van der Waals surface area contributed by atoms with Gasteiger partial charge in [-0.25, -0.2) is 4.79 Å². The van der Waals surface area contributed by atoms with Gasteiger partial charge in [0.1, 0.15) is 5.75 Å². The molecule has 0 amide bonds. The number of ether oxygens (including phenoxy) is 1. The summed E-state index contributed by atoms with van der Waals surface area (Å²) in [6.45, 7) is 5.96. The Morgan fingerprint density at radius 2 is 1.88 bits per heavy atom. The Balaban J connectivity index is 2.02. The predicted octanol–water partition coefficient (Wildman–Crippen LogP) is 2.95. The fourth-order valence-electron chi connectivity index (χ4n) is 2.92. The van der Waals surface area contributed by atoms with E-state index in [1.54, 1.807) is 18.5 Å². The summed E-state index contributed by atoms with van der Waals surface area (Å²) in [5, 5.41) is 0. The van der Waals surface area contributed by atoms with Crippen LogP contribution in [0.3, 0.4) is 0 Å². The summed E-state index contributed by atoms with van der Waals surface area (Å²) in [5.41, 5.74) is 2.46. The van der Waals surface area contributed by atoms with E-state index in [4.69, 9.17) is 4.74 Å². The van der Waals surface area contributed by atoms with Crippen LogP contribution in [0.5, 0.6) is 11.6 Å². The molecule has 0 unspecified atom stereocenters. The van der Waals surface area contributed by atoms with Crippen LogP contribution in [0.2, 0.25) is 0 Å². The minimum Gasteiger partial charge on any atom is -0.440 e. The molecule has 0 aliphatic rings. The molecule has 0 saturated heterocycles. The average molecular weight is 351 g/mol. The Kier molecular flexibility index (Phi) is 5.02. The monoisotopic (exact) mass is 351 g/mol. The SMILES string of the molecule is CCc1c(Oc2cc(C)cc(C)c2)[nH]c(=O)n(Cc2cccnc2)c1=O. The molecule has 26 heavy (non-hydrogen) atoms. The van der Waals surface area contributed by atoms with E-state index in [9.17, 15) is 9.59 Å². The van der Waals surface area contributed by atoms with Gasteiger partial charge < -0.3 is 4.74 Å². The zero-order valence-corrected chi connectivity index (χ0v) is 15.1. The summed E-state index contributed by atoms with van der Waals surface area (Å²) < 4.78 is 7.02. The molecule has 6 heteroatoms. The van der Waals surface area contributed by atoms with Gasteiger partial charge in [-0.05, 0) is 55.2 Å². The van der Waals surface area contributed by atoms with Gasteiger partial charge in [0.15, 0.2) is 0 Å². The van der Waals surface area contributed by atoms with Crippen molar-refractivity contribution in [3.63, 3.8) is 0 Å². The third-order valence-electron chi connectivity index (χ3n) is 4.08. The van der Waals surface area contributed by atoms with Crippen molar-refractivity contribution in [3.05, 3.63) is 85.8 Å². The smallest absolute Gasteiger partial charge is 0.331 e. The second kappa shape index (κ2) is 7.39. The first kappa shape index (κ1) is 17.7. The van der Waals surface area contributed by atoms with Crippen LogP contribution in [0.15, 0.2) is 52.3 Å². The predicted molar refractivity (Wildman–Crippen MR) is 100 cm³/mol. The molecule has 0 aliphatic carbocycles. The number of nitrogens with zero attached hydrogens (tertiary/aromatic N) is 2. The third-order valence-corrected chi connectivity index (χ3v) is 4.08. The first-order valence-electron chi connectivity index (χ1n) is 8.49. The number of hydrogen-bond donors (Lipinski definition) is 1. The number of aromatic amines is 1. The Morgan fingerprint density at radius 1 is 1.15 bits per heavy atom. The minimum atomic E-state index is -0.504. The number of nitrogens with one attached hydrogen (secondary N) is 1. The molecular formula is C20H21N3O3. The molecule has 134 valence electrons. The topological polar surface area (TPSA) is 77.0 Å². The third kappa shape index (κ3) is 3.74. The highest BCUT2D eigenvalue weighted by Gasteiger charge is 2.15. The Labute approximate surface area is 151 Å². The molecule has 1 aromatic carbocycles. The van der Waals surface area contributed by atoms with E-state index < -0.39 is 5.69 Å². The maximum Gasteiger partial charge on any atom is 0.331 e. The van der Waals surface area contributed by atoms with E-state index in [0.717, 1.165) is 16.7 Å². The quantitative estimate of drug-likeness (QED) is 0.767. The van der Waals surface area contributed by atoms with Crippen molar-refractivity contribution in [2.75, 3.05) is 0 Å². The van der Waals surface area contributed by atoms with Gasteiger partial charge in [-0.15, -0.1) is 0 Å². The van der Waals surface area contributed by atoms with Crippen LogP contribution in [0, 0.1) is 13.8 Å². The molecule has 0 aliphatic heterocycles. The van der Waals surface area contributed by atoms with Crippen LogP contribution in [-0.2, 0) is 13.0 Å². The van der Waals surface area contributed by atoms with Gasteiger partial charge in [0.2, 0.25) is 5.88 Å². The Hall–Kier alpha value is -3.15. The fraction of sp³-hybridized carbons (Fsp3) is 0.250. The lowest BCUT2D eigenvalue weighted by atomic mass is 10.1. The van der Waals surface area contributed by atoms with Gasteiger partial charge in [0.25, 0.3) is 5.56 Å². The first-order valence-corrected chi connectivity index (χ1v) is 8.49. The van der Waals surface area contributed by atoms with E-state index in [2.05, 4.69) is 9.97 Å². The van der Waals surface area contributed by atoms with Crippen molar-refractivity contribution in [2.45, 2.75) is 33.7 Å². The van der Waals surface area contributed by atoms with Gasteiger partial charge in [-0.1, -0.05) is 19.1 Å². The molecule has 0 radical (unpaired) electrons. The lowest BCUT2D eigenvalue weighted by Crippen LogP contribution is -2.37. The molecule has 2 aromatic heterocycles. The van der Waals surface area contributed by atoms with Gasteiger partial charge in [-0.3, -0.25) is 19.3 Å². The largest absolute Gasteiger partial charge is 0.440 e. The summed E-state index contributed by atoms with van der Waals surface area (Å²) >= 11 is 0. The van der Waals surface area contributed by atoms with E-state index in [1.807, 2.05) is 45.0 Å². The Morgan fingerprint density at radius 3 is 2.50 bits per heavy atom. The highest BCUT2D eigenvalue weighted by Crippen LogP contribution is 2.23. The van der Waals surface area contributed by atoms with Gasteiger partial charge in [-0.2, -0.15) is 0 Å². The average Bonchev–Trinajstić information content (AvgIpc) is 2.59. The van der Waals surface area contributed by atoms with E-state index in [0.29, 0.717) is 17.7 Å². The molecule has 2 heterocycles. The number of aromatic nitrogens is 3. The van der Waals surface area contributed by atoms with Crippen LogP contribution in [0.4, 0.5) is 0 Å². The second-order valence-corrected chi connectivity index (χ2v) is 6.27. The van der Waals surface area contributed by atoms with E-state index in [1.165, 1.54) is 4.57 Å². The molecule has 6 nitrogen and oxygen atoms in total. The van der Waals surface area contributed by atoms with Crippen molar-refractivity contribution in [1.82, 2.24) is 14.5 Å². The molecule has 3 aromatic rings. The number of rotatable bonds is 5. The molecule has 0 saturated carbocycles. The van der Waals surface area contributed by atoms with Crippen molar-refractivity contribution in [3.8, 4) is 11.6 Å². The molecule has 0 fully saturated rings. The zero-order valence-electron chi connectivity index (χ0n) is 15.1. The van der Waals surface area contributed by atoms with Crippen molar-refractivity contribution in [1.29, 1.82) is 0 Å². The molecule has 3 rings (SSSR count). The van der Waals surface area contributed by atoms with Gasteiger partial charge in [0.05, 0.1) is 12.1 Å². The van der Waals surface area contributed by atoms with Crippen LogP contribution in [0.1, 0.15) is 29.2 Å². The highest BCUT2D eigenvalue weighted by atomic mass is 16.5. The number of pyridine rings is 1. The number of H-pyrrole nitrogens is 1. The maximum absolute atomic E-state index is 12.8. The summed E-state index contributed by atoms with van der Waals surface area (Å²) in [7, 11) is 0. The lowest BCUT2D eigenvalue weighted by molar-refractivity contribution is 0.444. The van der Waals surface area contributed by atoms with Crippen molar-refractivity contribution in [2.24, 2.45) is 0 Å². The highest BCUT2D eigenvalue weighted by molar-refractivity contribution is 5.37. The zero-order chi connectivity index (χ0) is 18.7. The van der Waals surface area contributed by atoms with E-state index >= 15 is 0 Å². The summed E-state index contributed by atoms with van der Waals surface area (Å²) in [6, 6.07) is 9.36. The fourth-order valence-corrected chi connectivity index (χ4v) is 2.92. The van der Waals surface area contributed by atoms with Crippen LogP contribution >= 0.6 is 0 Å².